The molecule has 0 saturated heterocycles. The summed E-state index contributed by atoms with van der Waals surface area (Å²) in [6.45, 7) is 8.48. The van der Waals surface area contributed by atoms with Crippen LogP contribution in [0.1, 0.15) is 19.4 Å². The standard InChI is InChI=1S/C16H24N2O2/c1-5-10-18(16(19)12(2)13(3)17)11-14-6-8-15(20-4)9-7-14/h5-9,12-13H,1,10-11,17H2,2-4H3. The Labute approximate surface area is 121 Å². The number of benzene rings is 1. The quantitative estimate of drug-likeness (QED) is 0.777. The van der Waals surface area contributed by atoms with Crippen molar-refractivity contribution in [1.82, 2.24) is 4.90 Å². The fraction of sp³-hybridized carbons (Fsp3) is 0.438. The lowest BCUT2D eigenvalue weighted by Gasteiger charge is -2.26. The van der Waals surface area contributed by atoms with Gasteiger partial charge in [0.05, 0.1) is 13.0 Å². The summed E-state index contributed by atoms with van der Waals surface area (Å²) in [6.07, 6.45) is 1.73. The minimum atomic E-state index is -0.201. The van der Waals surface area contributed by atoms with E-state index in [1.165, 1.54) is 0 Å². The molecule has 0 aliphatic heterocycles. The van der Waals surface area contributed by atoms with E-state index in [1.807, 2.05) is 38.1 Å². The van der Waals surface area contributed by atoms with Gasteiger partial charge >= 0.3 is 0 Å². The highest BCUT2D eigenvalue weighted by Gasteiger charge is 2.22. The number of nitrogens with two attached hydrogens (primary N) is 1. The van der Waals surface area contributed by atoms with Crippen LogP contribution in [-0.2, 0) is 11.3 Å². The first kappa shape index (κ1) is 16.2. The van der Waals surface area contributed by atoms with Crippen LogP contribution in [0, 0.1) is 5.92 Å². The van der Waals surface area contributed by atoms with Gasteiger partial charge in [-0.3, -0.25) is 4.79 Å². The Morgan fingerprint density at radius 2 is 2.00 bits per heavy atom. The molecule has 0 aliphatic rings. The molecule has 0 spiro atoms. The van der Waals surface area contributed by atoms with Gasteiger partial charge in [-0.05, 0) is 24.6 Å². The maximum Gasteiger partial charge on any atom is 0.227 e. The van der Waals surface area contributed by atoms with E-state index in [0.717, 1.165) is 11.3 Å². The number of hydrogen-bond acceptors (Lipinski definition) is 3. The Bertz CT molecular complexity index is 440. The fourth-order valence-electron chi connectivity index (χ4n) is 1.85. The van der Waals surface area contributed by atoms with E-state index in [2.05, 4.69) is 6.58 Å². The van der Waals surface area contributed by atoms with Gasteiger partial charge in [0, 0.05) is 19.1 Å². The second-order valence-electron chi connectivity index (χ2n) is 5.00. The number of carbonyl (C=O) groups is 1. The maximum atomic E-state index is 12.4. The highest BCUT2D eigenvalue weighted by atomic mass is 16.5. The molecule has 1 rings (SSSR count). The predicted molar refractivity (Wildman–Crippen MR) is 81.4 cm³/mol. The van der Waals surface area contributed by atoms with Gasteiger partial charge in [-0.25, -0.2) is 0 Å². The molecule has 1 aromatic carbocycles. The van der Waals surface area contributed by atoms with Crippen LogP contribution in [0.4, 0.5) is 0 Å². The summed E-state index contributed by atoms with van der Waals surface area (Å²) in [7, 11) is 1.63. The number of carbonyl (C=O) groups excluding carboxylic acids is 1. The van der Waals surface area contributed by atoms with E-state index in [-0.39, 0.29) is 17.9 Å². The van der Waals surface area contributed by atoms with Crippen LogP contribution in [0.25, 0.3) is 0 Å². The summed E-state index contributed by atoms with van der Waals surface area (Å²) in [5.74, 6) is 0.656. The summed E-state index contributed by atoms with van der Waals surface area (Å²) < 4.78 is 5.13. The van der Waals surface area contributed by atoms with Crippen LogP contribution in [0.5, 0.6) is 5.75 Å². The smallest absolute Gasteiger partial charge is 0.227 e. The van der Waals surface area contributed by atoms with Crippen LogP contribution >= 0.6 is 0 Å². The minimum Gasteiger partial charge on any atom is -0.497 e. The molecule has 0 radical (unpaired) electrons. The van der Waals surface area contributed by atoms with E-state index in [1.54, 1.807) is 18.1 Å². The van der Waals surface area contributed by atoms with Crippen LogP contribution < -0.4 is 10.5 Å². The Balaban J connectivity index is 2.80. The third-order valence-electron chi connectivity index (χ3n) is 3.37. The molecule has 2 atom stereocenters. The fourth-order valence-corrected chi connectivity index (χ4v) is 1.85. The Kier molecular flexibility index (Phi) is 6.25. The van der Waals surface area contributed by atoms with Gasteiger partial charge in [0.25, 0.3) is 0 Å². The first-order valence-corrected chi connectivity index (χ1v) is 6.77. The number of methoxy groups -OCH3 is 1. The average molecular weight is 276 g/mol. The van der Waals surface area contributed by atoms with Crippen molar-refractivity contribution in [3.8, 4) is 5.75 Å². The van der Waals surface area contributed by atoms with E-state index in [9.17, 15) is 4.79 Å². The topological polar surface area (TPSA) is 55.6 Å². The predicted octanol–water partition coefficient (Wildman–Crippen LogP) is 2.19. The molecule has 4 heteroatoms. The molecule has 20 heavy (non-hydrogen) atoms. The zero-order chi connectivity index (χ0) is 15.1. The van der Waals surface area contributed by atoms with Crippen LogP contribution in [0.3, 0.4) is 0 Å². The van der Waals surface area contributed by atoms with Crippen molar-refractivity contribution in [3.05, 3.63) is 42.5 Å². The van der Waals surface area contributed by atoms with Crippen molar-refractivity contribution in [2.24, 2.45) is 11.7 Å². The summed E-state index contributed by atoms with van der Waals surface area (Å²) >= 11 is 0. The Hall–Kier alpha value is -1.81. The largest absolute Gasteiger partial charge is 0.497 e. The van der Waals surface area contributed by atoms with Crippen LogP contribution in [0.15, 0.2) is 36.9 Å². The van der Waals surface area contributed by atoms with Crippen molar-refractivity contribution in [2.45, 2.75) is 26.4 Å². The highest BCUT2D eigenvalue weighted by molar-refractivity contribution is 5.79. The maximum absolute atomic E-state index is 12.4. The van der Waals surface area contributed by atoms with Crippen molar-refractivity contribution < 1.29 is 9.53 Å². The first-order chi connectivity index (χ1) is 9.49. The average Bonchev–Trinajstić information content (AvgIpc) is 2.46. The van der Waals surface area contributed by atoms with Crippen molar-refractivity contribution in [3.63, 3.8) is 0 Å². The van der Waals surface area contributed by atoms with Gasteiger partial charge < -0.3 is 15.4 Å². The second kappa shape index (κ2) is 7.70. The molecular formula is C16H24N2O2. The molecule has 0 saturated carbocycles. The van der Waals surface area contributed by atoms with Crippen LogP contribution in [0.2, 0.25) is 0 Å². The number of hydrogen-bond donors (Lipinski definition) is 1. The summed E-state index contributed by atoms with van der Waals surface area (Å²) in [5.41, 5.74) is 6.87. The van der Waals surface area contributed by atoms with Crippen molar-refractivity contribution in [1.29, 1.82) is 0 Å². The second-order valence-corrected chi connectivity index (χ2v) is 5.00. The third-order valence-corrected chi connectivity index (χ3v) is 3.37. The lowest BCUT2D eigenvalue weighted by molar-refractivity contribution is -0.135. The van der Waals surface area contributed by atoms with Gasteiger partial charge in [0.2, 0.25) is 5.91 Å². The lowest BCUT2D eigenvalue weighted by atomic mass is 10.0. The Morgan fingerprint density at radius 1 is 1.40 bits per heavy atom. The molecule has 0 aromatic heterocycles. The summed E-state index contributed by atoms with van der Waals surface area (Å²) in [6, 6.07) is 7.53. The number of nitrogens with zero attached hydrogens (tertiary/aromatic N) is 1. The molecule has 110 valence electrons. The molecule has 1 amide bonds. The lowest BCUT2D eigenvalue weighted by Crippen LogP contribution is -2.41. The van der Waals surface area contributed by atoms with Gasteiger partial charge in [0.15, 0.2) is 0 Å². The van der Waals surface area contributed by atoms with E-state index >= 15 is 0 Å². The van der Waals surface area contributed by atoms with Gasteiger partial charge in [-0.1, -0.05) is 25.1 Å². The summed E-state index contributed by atoms with van der Waals surface area (Å²) in [5, 5.41) is 0. The third kappa shape index (κ3) is 4.38. The molecule has 0 heterocycles. The van der Waals surface area contributed by atoms with E-state index in [4.69, 9.17) is 10.5 Å². The molecule has 0 aliphatic carbocycles. The normalized spacial score (nSPS) is 13.4. The van der Waals surface area contributed by atoms with Gasteiger partial charge in [-0.2, -0.15) is 0 Å². The van der Waals surface area contributed by atoms with Crippen molar-refractivity contribution in [2.75, 3.05) is 13.7 Å². The van der Waals surface area contributed by atoms with Crippen molar-refractivity contribution >= 4 is 5.91 Å². The summed E-state index contributed by atoms with van der Waals surface area (Å²) in [4.78, 5) is 14.1. The van der Waals surface area contributed by atoms with Gasteiger partial charge in [-0.15, -0.1) is 6.58 Å². The molecule has 1 aromatic rings. The molecule has 2 unspecified atom stereocenters. The highest BCUT2D eigenvalue weighted by Crippen LogP contribution is 2.15. The monoisotopic (exact) mass is 276 g/mol. The zero-order valence-electron chi connectivity index (χ0n) is 12.5. The SMILES string of the molecule is C=CCN(Cc1ccc(OC)cc1)C(=O)C(C)C(C)N. The Morgan fingerprint density at radius 3 is 2.45 bits per heavy atom. The molecular weight excluding hydrogens is 252 g/mol. The number of rotatable bonds is 7. The molecule has 2 N–H and O–H groups in total. The van der Waals surface area contributed by atoms with E-state index < -0.39 is 0 Å². The minimum absolute atomic E-state index is 0.0516. The van der Waals surface area contributed by atoms with Crippen LogP contribution in [-0.4, -0.2) is 30.5 Å². The molecule has 4 nitrogen and oxygen atoms in total. The van der Waals surface area contributed by atoms with Gasteiger partial charge in [0.1, 0.15) is 5.75 Å². The number of amides is 1. The molecule has 0 fully saturated rings. The van der Waals surface area contributed by atoms with E-state index in [0.29, 0.717) is 13.1 Å². The molecule has 0 bridgehead atoms. The zero-order valence-corrected chi connectivity index (χ0v) is 12.5. The number of ether oxygens (including phenoxy) is 1. The first-order valence-electron chi connectivity index (χ1n) is 6.77.